The highest BCUT2D eigenvalue weighted by Crippen LogP contribution is 2.18. The summed E-state index contributed by atoms with van der Waals surface area (Å²) < 4.78 is 17.6. The average Bonchev–Trinajstić information content (AvgIpc) is 2.58. The predicted octanol–water partition coefficient (Wildman–Crippen LogP) is 2.45. The second-order valence-corrected chi connectivity index (χ2v) is 4.83. The number of carbonyl (C=O) groups is 2. The summed E-state index contributed by atoms with van der Waals surface area (Å²) in [6.07, 6.45) is 0. The molecule has 1 N–H and O–H groups in total. The van der Waals surface area contributed by atoms with E-state index < -0.39 is 28.3 Å². The fourth-order valence-corrected chi connectivity index (χ4v) is 2.01. The fourth-order valence-electron chi connectivity index (χ4n) is 2.01. The molecule has 124 valence electrons. The van der Waals surface area contributed by atoms with E-state index in [9.17, 15) is 24.1 Å². The molecule has 0 aliphatic heterocycles. The Morgan fingerprint density at radius 1 is 1.21 bits per heavy atom. The van der Waals surface area contributed by atoms with Gasteiger partial charge in [0.25, 0.3) is 11.6 Å². The molecule has 0 atom stereocenters. The summed E-state index contributed by atoms with van der Waals surface area (Å²) in [6.45, 7) is 0.0346. The summed E-state index contributed by atoms with van der Waals surface area (Å²) >= 11 is 0. The first kappa shape index (κ1) is 17.1. The summed E-state index contributed by atoms with van der Waals surface area (Å²) in [5, 5.41) is 13.4. The predicted molar refractivity (Wildman–Crippen MR) is 82.0 cm³/mol. The zero-order valence-electron chi connectivity index (χ0n) is 12.6. The van der Waals surface area contributed by atoms with Crippen molar-refractivity contribution < 1.29 is 23.6 Å². The fraction of sp³-hybridized carbons (Fsp3) is 0.125. The quantitative estimate of drug-likeness (QED) is 0.515. The van der Waals surface area contributed by atoms with Crippen LogP contribution < -0.4 is 5.32 Å². The normalized spacial score (nSPS) is 10.1. The van der Waals surface area contributed by atoms with Crippen LogP contribution in [0.25, 0.3) is 0 Å². The van der Waals surface area contributed by atoms with Crippen LogP contribution >= 0.6 is 0 Å². The van der Waals surface area contributed by atoms with E-state index in [2.05, 4.69) is 10.1 Å². The Morgan fingerprint density at radius 3 is 2.54 bits per heavy atom. The molecule has 0 heterocycles. The molecular weight excluding hydrogens is 319 g/mol. The number of ether oxygens (including phenoxy) is 1. The number of nitrogens with zero attached hydrogens (tertiary/aromatic N) is 1. The number of hydrogen-bond donors (Lipinski definition) is 1. The van der Waals surface area contributed by atoms with Gasteiger partial charge in [0, 0.05) is 24.2 Å². The van der Waals surface area contributed by atoms with E-state index >= 15 is 0 Å². The van der Waals surface area contributed by atoms with Crippen LogP contribution in [-0.4, -0.2) is 23.9 Å². The summed E-state index contributed by atoms with van der Waals surface area (Å²) in [5.41, 5.74) is -0.0561. The molecule has 7 nitrogen and oxygen atoms in total. The number of rotatable bonds is 5. The van der Waals surface area contributed by atoms with E-state index in [1.807, 2.05) is 0 Å². The van der Waals surface area contributed by atoms with Crippen molar-refractivity contribution in [3.8, 4) is 0 Å². The number of halogens is 1. The molecule has 0 aliphatic rings. The third-order valence-electron chi connectivity index (χ3n) is 3.15. The lowest BCUT2D eigenvalue weighted by Gasteiger charge is -2.07. The van der Waals surface area contributed by atoms with E-state index in [0.29, 0.717) is 5.56 Å². The molecule has 2 aromatic carbocycles. The monoisotopic (exact) mass is 332 g/mol. The number of hydrogen-bond acceptors (Lipinski definition) is 5. The van der Waals surface area contributed by atoms with Gasteiger partial charge in [0.1, 0.15) is 5.82 Å². The van der Waals surface area contributed by atoms with Crippen molar-refractivity contribution in [2.24, 2.45) is 0 Å². The van der Waals surface area contributed by atoms with Crippen LogP contribution in [0.3, 0.4) is 0 Å². The standard InChI is InChI=1S/C16H13FN2O5/c1-24-16(21)12-6-11(7-14(8-12)19(22)23)15(20)18-9-10-3-2-4-13(17)5-10/h2-8H,9H2,1H3,(H,18,20). The molecule has 0 fully saturated rings. The van der Waals surface area contributed by atoms with Gasteiger partial charge >= 0.3 is 5.97 Å². The van der Waals surface area contributed by atoms with E-state index in [0.717, 1.165) is 19.2 Å². The van der Waals surface area contributed by atoms with Crippen LogP contribution in [0.1, 0.15) is 26.3 Å². The number of methoxy groups -OCH3 is 1. The number of amides is 1. The van der Waals surface area contributed by atoms with Gasteiger partial charge in [-0.3, -0.25) is 14.9 Å². The van der Waals surface area contributed by atoms with Gasteiger partial charge in [-0.15, -0.1) is 0 Å². The Morgan fingerprint density at radius 2 is 1.92 bits per heavy atom. The molecule has 0 aliphatic carbocycles. The van der Waals surface area contributed by atoms with Crippen LogP contribution in [0, 0.1) is 15.9 Å². The molecule has 0 bridgehead atoms. The maximum atomic E-state index is 13.1. The van der Waals surface area contributed by atoms with Crippen molar-refractivity contribution in [2.75, 3.05) is 7.11 Å². The number of esters is 1. The van der Waals surface area contributed by atoms with E-state index in [-0.39, 0.29) is 17.7 Å². The number of benzene rings is 2. The molecule has 0 unspecified atom stereocenters. The highest BCUT2D eigenvalue weighted by atomic mass is 19.1. The summed E-state index contributed by atoms with van der Waals surface area (Å²) in [4.78, 5) is 33.9. The summed E-state index contributed by atoms with van der Waals surface area (Å²) in [7, 11) is 1.13. The van der Waals surface area contributed by atoms with Crippen LogP contribution in [0.4, 0.5) is 10.1 Å². The Balaban J connectivity index is 2.23. The van der Waals surface area contributed by atoms with Gasteiger partial charge in [0.05, 0.1) is 17.6 Å². The first-order valence-corrected chi connectivity index (χ1v) is 6.81. The second kappa shape index (κ2) is 7.32. The lowest BCUT2D eigenvalue weighted by molar-refractivity contribution is -0.384. The molecule has 2 aromatic rings. The number of carbonyl (C=O) groups excluding carboxylic acids is 2. The zero-order valence-corrected chi connectivity index (χ0v) is 12.6. The van der Waals surface area contributed by atoms with Gasteiger partial charge in [-0.05, 0) is 23.8 Å². The van der Waals surface area contributed by atoms with Crippen molar-refractivity contribution >= 4 is 17.6 Å². The van der Waals surface area contributed by atoms with E-state index in [1.54, 1.807) is 6.07 Å². The van der Waals surface area contributed by atoms with Gasteiger partial charge in [-0.2, -0.15) is 0 Å². The molecule has 0 saturated carbocycles. The third-order valence-corrected chi connectivity index (χ3v) is 3.15. The second-order valence-electron chi connectivity index (χ2n) is 4.83. The molecular formula is C16H13FN2O5. The van der Waals surface area contributed by atoms with Crippen molar-refractivity contribution in [3.63, 3.8) is 0 Å². The van der Waals surface area contributed by atoms with Gasteiger partial charge in [0.2, 0.25) is 0 Å². The maximum absolute atomic E-state index is 13.1. The Labute approximate surface area is 136 Å². The largest absolute Gasteiger partial charge is 0.465 e. The van der Waals surface area contributed by atoms with E-state index in [4.69, 9.17) is 0 Å². The Kier molecular flexibility index (Phi) is 5.20. The minimum absolute atomic E-state index is 0.0346. The van der Waals surface area contributed by atoms with Crippen molar-refractivity contribution in [3.05, 3.63) is 75.1 Å². The van der Waals surface area contributed by atoms with Crippen LogP contribution in [0.15, 0.2) is 42.5 Å². The summed E-state index contributed by atoms with van der Waals surface area (Å²) in [6, 6.07) is 8.92. The molecule has 0 radical (unpaired) electrons. The molecule has 0 aromatic heterocycles. The van der Waals surface area contributed by atoms with Gasteiger partial charge in [-0.1, -0.05) is 12.1 Å². The molecule has 0 spiro atoms. The highest BCUT2D eigenvalue weighted by Gasteiger charge is 2.18. The van der Waals surface area contributed by atoms with Crippen molar-refractivity contribution in [1.82, 2.24) is 5.32 Å². The van der Waals surface area contributed by atoms with Gasteiger partial charge in [0.15, 0.2) is 0 Å². The SMILES string of the molecule is COC(=O)c1cc(C(=O)NCc2cccc(F)c2)cc([N+](=O)[O-])c1. The minimum Gasteiger partial charge on any atom is -0.465 e. The first-order valence-electron chi connectivity index (χ1n) is 6.81. The van der Waals surface area contributed by atoms with Crippen LogP contribution in [-0.2, 0) is 11.3 Å². The first-order chi connectivity index (χ1) is 11.4. The smallest absolute Gasteiger partial charge is 0.338 e. The molecule has 2 rings (SSSR count). The third kappa shape index (κ3) is 4.13. The van der Waals surface area contributed by atoms with Crippen LogP contribution in [0.2, 0.25) is 0 Å². The topological polar surface area (TPSA) is 98.5 Å². The lowest BCUT2D eigenvalue weighted by Crippen LogP contribution is -2.23. The van der Waals surface area contributed by atoms with Crippen molar-refractivity contribution in [2.45, 2.75) is 6.54 Å². The van der Waals surface area contributed by atoms with Gasteiger partial charge < -0.3 is 10.1 Å². The Bertz CT molecular complexity index is 807. The van der Waals surface area contributed by atoms with Crippen LogP contribution in [0.5, 0.6) is 0 Å². The molecule has 8 heteroatoms. The number of nitrogens with one attached hydrogen (secondary N) is 1. The molecule has 1 amide bonds. The highest BCUT2D eigenvalue weighted by molar-refractivity contribution is 5.98. The zero-order chi connectivity index (χ0) is 17.7. The average molecular weight is 332 g/mol. The minimum atomic E-state index is -0.794. The number of nitro groups is 1. The number of nitro benzene ring substituents is 1. The molecule has 0 saturated heterocycles. The molecule has 24 heavy (non-hydrogen) atoms. The Hall–Kier alpha value is -3.29. The number of non-ortho nitro benzene ring substituents is 1. The van der Waals surface area contributed by atoms with Crippen molar-refractivity contribution in [1.29, 1.82) is 0 Å². The van der Waals surface area contributed by atoms with E-state index in [1.165, 1.54) is 24.3 Å². The maximum Gasteiger partial charge on any atom is 0.338 e. The van der Waals surface area contributed by atoms with Gasteiger partial charge in [-0.25, -0.2) is 9.18 Å². The lowest BCUT2D eigenvalue weighted by atomic mass is 10.1. The summed E-state index contributed by atoms with van der Waals surface area (Å²) in [5.74, 6) is -1.86.